The Morgan fingerprint density at radius 3 is 0.635 bits per heavy atom. The predicted octanol–water partition coefficient (Wildman–Crippen LogP) is 11.6. The van der Waals surface area contributed by atoms with E-state index in [1.807, 2.05) is 0 Å². The lowest BCUT2D eigenvalue weighted by Crippen LogP contribution is -2.23. The smallest absolute Gasteiger partial charge is 0.0443 e. The molecule has 3 aliphatic heterocycles. The molecule has 6 heteroatoms. The molecule has 0 saturated carbocycles. The van der Waals surface area contributed by atoms with Gasteiger partial charge in [0, 0.05) is 53.8 Å². The highest BCUT2D eigenvalue weighted by Gasteiger charge is 2.22. The average molecular weight is 841 g/mol. The lowest BCUT2D eigenvalue weighted by Gasteiger charge is -2.27. The molecular formula is C57H72N6. The van der Waals surface area contributed by atoms with Crippen LogP contribution in [0, 0.1) is 0 Å². The Labute approximate surface area is 380 Å². The summed E-state index contributed by atoms with van der Waals surface area (Å²) in [6, 6.07) is 53.2. The van der Waals surface area contributed by atoms with Crippen LogP contribution >= 0.6 is 0 Å². The van der Waals surface area contributed by atoms with Crippen molar-refractivity contribution in [2.45, 2.75) is 57.8 Å². The van der Waals surface area contributed by atoms with Crippen molar-refractivity contribution in [3.05, 3.63) is 179 Å². The van der Waals surface area contributed by atoms with Gasteiger partial charge >= 0.3 is 0 Å². The van der Waals surface area contributed by atoms with Gasteiger partial charge in [0.1, 0.15) is 0 Å². The van der Waals surface area contributed by atoms with Crippen LogP contribution in [0.2, 0.25) is 0 Å². The third kappa shape index (κ3) is 12.2. The van der Waals surface area contributed by atoms with Gasteiger partial charge in [-0.1, -0.05) is 109 Å². The summed E-state index contributed by atoms with van der Waals surface area (Å²) in [5, 5.41) is 0. The number of anilines is 6. The molecular weight excluding hydrogens is 769 g/mol. The van der Waals surface area contributed by atoms with E-state index in [0.717, 1.165) is 77.8 Å². The quantitative estimate of drug-likeness (QED) is 0.121. The van der Waals surface area contributed by atoms with E-state index in [4.69, 9.17) is 0 Å². The number of rotatable bonds is 12. The minimum absolute atomic E-state index is 1.08. The standard InChI is InChI=1S/3C19H24N2/c3*1-20(2)14-7-15-21-18-10-5-3-8-16(18)12-13-17-9-4-6-11-19(17)21/h3*3-6,8-11H,7,12-15H2,1-2H3. The highest BCUT2D eigenvalue weighted by Crippen LogP contribution is 2.38. The molecule has 0 bridgehead atoms. The third-order valence-electron chi connectivity index (χ3n) is 12.6. The fourth-order valence-corrected chi connectivity index (χ4v) is 9.47. The van der Waals surface area contributed by atoms with Crippen LogP contribution in [0.1, 0.15) is 52.6 Å². The second kappa shape index (κ2) is 22.8. The van der Waals surface area contributed by atoms with Crippen LogP contribution in [0.4, 0.5) is 34.1 Å². The molecule has 0 radical (unpaired) electrons. The Bertz CT molecular complexity index is 1930. The molecule has 0 N–H and O–H groups in total. The molecule has 0 amide bonds. The van der Waals surface area contributed by atoms with Crippen molar-refractivity contribution in [3.63, 3.8) is 0 Å². The molecule has 0 spiro atoms. The van der Waals surface area contributed by atoms with Crippen molar-refractivity contribution in [1.82, 2.24) is 14.7 Å². The Kier molecular flexibility index (Phi) is 16.5. The number of hydrogen-bond acceptors (Lipinski definition) is 6. The first-order valence-electron chi connectivity index (χ1n) is 23.5. The minimum atomic E-state index is 1.08. The van der Waals surface area contributed by atoms with E-state index in [2.05, 4.69) is 217 Å². The minimum Gasteiger partial charge on any atom is -0.341 e. The summed E-state index contributed by atoms with van der Waals surface area (Å²) >= 11 is 0. The molecule has 6 nitrogen and oxygen atoms in total. The lowest BCUT2D eigenvalue weighted by atomic mass is 10.0. The highest BCUT2D eigenvalue weighted by atomic mass is 15.2. The SMILES string of the molecule is CN(C)CCCN1c2ccccc2CCc2ccccc21.CN(C)CCCN1c2ccccc2CCc2ccccc21.CN(C)CCCN1c2ccccc2CCc2ccccc21. The summed E-state index contributed by atoms with van der Waals surface area (Å²) in [5.74, 6) is 0. The molecule has 3 aliphatic rings. The summed E-state index contributed by atoms with van der Waals surface area (Å²) < 4.78 is 0. The number of benzene rings is 6. The number of nitrogens with zero attached hydrogens (tertiary/aromatic N) is 6. The second-order valence-electron chi connectivity index (χ2n) is 18.2. The van der Waals surface area contributed by atoms with Gasteiger partial charge in [0.15, 0.2) is 0 Å². The van der Waals surface area contributed by atoms with Crippen LogP contribution in [-0.2, 0) is 38.5 Å². The van der Waals surface area contributed by atoms with Gasteiger partial charge in [-0.15, -0.1) is 0 Å². The van der Waals surface area contributed by atoms with Crippen molar-refractivity contribution in [3.8, 4) is 0 Å². The first-order chi connectivity index (χ1) is 30.8. The Morgan fingerprint density at radius 2 is 0.460 bits per heavy atom. The molecule has 63 heavy (non-hydrogen) atoms. The normalized spacial score (nSPS) is 13.8. The van der Waals surface area contributed by atoms with E-state index >= 15 is 0 Å². The van der Waals surface area contributed by atoms with Gasteiger partial charge in [0.25, 0.3) is 0 Å². The summed E-state index contributed by atoms with van der Waals surface area (Å²) in [6.45, 7) is 6.60. The molecule has 6 aromatic carbocycles. The monoisotopic (exact) mass is 841 g/mol. The van der Waals surface area contributed by atoms with E-state index in [1.54, 1.807) is 0 Å². The zero-order chi connectivity index (χ0) is 44.0. The molecule has 0 aromatic heterocycles. The molecule has 0 fully saturated rings. The highest BCUT2D eigenvalue weighted by molar-refractivity contribution is 5.73. The summed E-state index contributed by atoms with van der Waals surface area (Å²) in [5.41, 5.74) is 17.2. The first-order valence-corrected chi connectivity index (χ1v) is 23.5. The van der Waals surface area contributed by atoms with Gasteiger partial charge in [0.2, 0.25) is 0 Å². The molecule has 0 atom stereocenters. The molecule has 9 rings (SSSR count). The fourth-order valence-electron chi connectivity index (χ4n) is 9.47. The number of aryl methyl sites for hydroxylation is 6. The van der Waals surface area contributed by atoms with Crippen LogP contribution in [0.15, 0.2) is 146 Å². The number of fused-ring (bicyclic) bond motifs is 6. The van der Waals surface area contributed by atoms with Gasteiger partial charge in [-0.2, -0.15) is 0 Å². The topological polar surface area (TPSA) is 19.4 Å². The molecule has 0 aliphatic carbocycles. The van der Waals surface area contributed by atoms with Crippen LogP contribution in [0.3, 0.4) is 0 Å². The van der Waals surface area contributed by atoms with E-state index in [9.17, 15) is 0 Å². The summed E-state index contributed by atoms with van der Waals surface area (Å²) in [6.07, 6.45) is 10.3. The van der Waals surface area contributed by atoms with Gasteiger partial charge in [0.05, 0.1) is 0 Å². The largest absolute Gasteiger partial charge is 0.341 e. The maximum absolute atomic E-state index is 2.52. The summed E-state index contributed by atoms with van der Waals surface area (Å²) in [4.78, 5) is 14.3. The Morgan fingerprint density at radius 1 is 0.286 bits per heavy atom. The molecule has 0 unspecified atom stereocenters. The maximum Gasteiger partial charge on any atom is 0.0443 e. The van der Waals surface area contributed by atoms with Crippen LogP contribution in [0.25, 0.3) is 0 Å². The molecule has 330 valence electrons. The Balaban J connectivity index is 0.000000142. The third-order valence-corrected chi connectivity index (χ3v) is 12.6. The zero-order valence-corrected chi connectivity index (χ0v) is 39.1. The van der Waals surface area contributed by atoms with E-state index in [1.165, 1.54) is 86.8 Å². The van der Waals surface area contributed by atoms with Crippen LogP contribution < -0.4 is 14.7 Å². The van der Waals surface area contributed by atoms with Crippen LogP contribution in [-0.4, -0.2) is 96.3 Å². The maximum atomic E-state index is 2.52. The van der Waals surface area contributed by atoms with Crippen molar-refractivity contribution in [2.24, 2.45) is 0 Å². The predicted molar refractivity (Wildman–Crippen MR) is 271 cm³/mol. The zero-order valence-electron chi connectivity index (χ0n) is 39.1. The van der Waals surface area contributed by atoms with Gasteiger partial charge < -0.3 is 29.4 Å². The van der Waals surface area contributed by atoms with Crippen molar-refractivity contribution in [1.29, 1.82) is 0 Å². The average Bonchev–Trinajstić information content (AvgIpc) is 3.64. The molecule has 0 saturated heterocycles. The molecule has 6 aromatic rings. The van der Waals surface area contributed by atoms with Gasteiger partial charge in [-0.25, -0.2) is 0 Å². The fraction of sp³-hybridized carbons (Fsp3) is 0.368. The van der Waals surface area contributed by atoms with E-state index < -0.39 is 0 Å². The Hall–Kier alpha value is -5.40. The van der Waals surface area contributed by atoms with Crippen molar-refractivity contribution < 1.29 is 0 Å². The van der Waals surface area contributed by atoms with Gasteiger partial charge in [-0.3, -0.25) is 0 Å². The second-order valence-corrected chi connectivity index (χ2v) is 18.2. The van der Waals surface area contributed by atoms with Crippen molar-refractivity contribution >= 4 is 34.1 Å². The van der Waals surface area contributed by atoms with E-state index in [0.29, 0.717) is 0 Å². The number of hydrogen-bond donors (Lipinski definition) is 0. The molecule has 3 heterocycles. The number of para-hydroxylation sites is 6. The summed E-state index contributed by atoms with van der Waals surface area (Å²) in [7, 11) is 12.9. The lowest BCUT2D eigenvalue weighted by molar-refractivity contribution is 0.402. The van der Waals surface area contributed by atoms with E-state index in [-0.39, 0.29) is 0 Å². The first kappa shape index (κ1) is 45.6. The van der Waals surface area contributed by atoms with Gasteiger partial charge in [-0.05, 0) is 189 Å². The van der Waals surface area contributed by atoms with Crippen LogP contribution in [0.5, 0.6) is 0 Å². The van der Waals surface area contributed by atoms with Crippen molar-refractivity contribution in [2.75, 3.05) is 96.3 Å².